The van der Waals surface area contributed by atoms with Crippen molar-refractivity contribution in [1.82, 2.24) is 33.3 Å². The molecule has 0 radical (unpaired) electrons. The molecule has 0 aliphatic rings. The van der Waals surface area contributed by atoms with Crippen LogP contribution >= 0.6 is 0 Å². The van der Waals surface area contributed by atoms with E-state index in [9.17, 15) is 9.59 Å². The van der Waals surface area contributed by atoms with Gasteiger partial charge in [-0.05, 0) is 49.4 Å². The number of aryl methyl sites for hydroxylation is 2. The molecule has 4 heterocycles. The van der Waals surface area contributed by atoms with E-state index >= 15 is 0 Å². The molecule has 11 heteroatoms. The van der Waals surface area contributed by atoms with Gasteiger partial charge in [-0.3, -0.25) is 14.2 Å². The van der Waals surface area contributed by atoms with Gasteiger partial charge < -0.3 is 14.0 Å². The lowest BCUT2D eigenvalue weighted by molar-refractivity contribution is 0.296. The van der Waals surface area contributed by atoms with E-state index in [-0.39, 0.29) is 38.2 Å². The van der Waals surface area contributed by atoms with Gasteiger partial charge >= 0.3 is 0 Å². The lowest BCUT2D eigenvalue weighted by Gasteiger charge is -2.05. The average Bonchev–Trinajstić information content (AvgIpc) is 3.68. The second kappa shape index (κ2) is 14.7. The fourth-order valence-electron chi connectivity index (χ4n) is 4.43. The lowest BCUT2D eigenvalue weighted by Crippen LogP contribution is -2.20. The van der Waals surface area contributed by atoms with Crippen molar-refractivity contribution in [2.75, 3.05) is 0 Å². The number of fused-ring (bicyclic) bond motifs is 2. The zero-order chi connectivity index (χ0) is 30.5. The highest BCUT2D eigenvalue weighted by Crippen LogP contribution is 2.13. The highest BCUT2D eigenvalue weighted by Gasteiger charge is 2.11. The van der Waals surface area contributed by atoms with E-state index in [2.05, 4.69) is 15.2 Å². The molecule has 0 saturated heterocycles. The monoisotopic (exact) mass is 619 g/mol. The molecule has 0 bridgehead atoms. The van der Waals surface area contributed by atoms with Gasteiger partial charge in [-0.25, -0.2) is 14.0 Å². The number of hydrogen-bond acceptors (Lipinski definition) is 7. The van der Waals surface area contributed by atoms with Gasteiger partial charge in [-0.1, -0.05) is 68.9 Å². The smallest absolute Gasteiger partial charge is 0.300 e. The number of benzene rings is 3. The Morgan fingerprint density at radius 2 is 1.28 bits per heavy atom. The summed E-state index contributed by atoms with van der Waals surface area (Å²) in [5.41, 5.74) is 3.20. The van der Waals surface area contributed by atoms with Crippen LogP contribution < -0.4 is 20.6 Å². The first-order valence-corrected chi connectivity index (χ1v) is 13.9. The van der Waals surface area contributed by atoms with Crippen molar-refractivity contribution in [2.45, 2.75) is 35.0 Å². The Labute approximate surface area is 266 Å². The molecular formula is C35H37N7O4. The topological polar surface area (TPSA) is 110 Å². The second-order valence-corrected chi connectivity index (χ2v) is 9.99. The summed E-state index contributed by atoms with van der Waals surface area (Å²) in [6, 6.07) is 28.5. The van der Waals surface area contributed by atoms with E-state index in [1.165, 1.54) is 9.08 Å². The molecule has 0 amide bonds. The summed E-state index contributed by atoms with van der Waals surface area (Å²) in [5, 5.41) is 8.61. The lowest BCUT2D eigenvalue weighted by atomic mass is 10.2. The van der Waals surface area contributed by atoms with Crippen LogP contribution in [-0.4, -0.2) is 33.3 Å². The van der Waals surface area contributed by atoms with E-state index in [1.54, 1.807) is 47.0 Å². The minimum absolute atomic E-state index is 0. The molecule has 46 heavy (non-hydrogen) atoms. The molecule has 3 aromatic carbocycles. The van der Waals surface area contributed by atoms with Crippen LogP contribution in [0.4, 0.5) is 0 Å². The fraction of sp³-hybridized carbons (Fsp3) is 0.171. The molecule has 0 fully saturated rings. The first kappa shape index (κ1) is 32.9. The zero-order valence-corrected chi connectivity index (χ0v) is 24.1. The van der Waals surface area contributed by atoms with Crippen LogP contribution in [0.5, 0.6) is 11.5 Å². The van der Waals surface area contributed by atoms with E-state index in [0.29, 0.717) is 17.9 Å². The van der Waals surface area contributed by atoms with Crippen molar-refractivity contribution in [2.24, 2.45) is 7.05 Å². The third kappa shape index (κ3) is 7.39. The molecule has 0 spiro atoms. The highest BCUT2D eigenvalue weighted by atomic mass is 16.5. The minimum atomic E-state index is -0.218. The first-order valence-electron chi connectivity index (χ1n) is 13.9. The number of para-hydroxylation sites is 2. The van der Waals surface area contributed by atoms with E-state index in [0.717, 1.165) is 28.4 Å². The van der Waals surface area contributed by atoms with Gasteiger partial charge in [-0.15, -0.1) is 5.10 Å². The third-order valence-corrected chi connectivity index (χ3v) is 6.75. The molecule has 0 unspecified atom stereocenters. The summed E-state index contributed by atoms with van der Waals surface area (Å²) < 4.78 is 17.4. The molecule has 7 aromatic rings. The number of ether oxygens (including phenoxy) is 2. The summed E-state index contributed by atoms with van der Waals surface area (Å²) in [7, 11) is 1.72. The molecule has 11 nitrogen and oxygen atoms in total. The van der Waals surface area contributed by atoms with Crippen molar-refractivity contribution in [3.63, 3.8) is 0 Å². The van der Waals surface area contributed by atoms with Gasteiger partial charge in [0.2, 0.25) is 5.65 Å². The van der Waals surface area contributed by atoms with Crippen molar-refractivity contribution >= 4 is 11.2 Å². The third-order valence-electron chi connectivity index (χ3n) is 6.75. The summed E-state index contributed by atoms with van der Waals surface area (Å²) in [6.45, 7) is 2.55. The molecule has 7 rings (SSSR count). The Bertz CT molecular complexity index is 2130. The van der Waals surface area contributed by atoms with Crippen LogP contribution in [0.1, 0.15) is 31.9 Å². The van der Waals surface area contributed by atoms with Crippen molar-refractivity contribution in [3.8, 4) is 17.2 Å². The predicted molar refractivity (Wildman–Crippen MR) is 179 cm³/mol. The number of hydrogen-bond donors (Lipinski definition) is 0. The largest absolute Gasteiger partial charge is 0.487 e. The van der Waals surface area contributed by atoms with Gasteiger partial charge in [0.05, 0.1) is 0 Å². The molecule has 0 aliphatic heterocycles. The summed E-state index contributed by atoms with van der Waals surface area (Å²) in [5.74, 6) is 1.98. The predicted octanol–water partition coefficient (Wildman–Crippen LogP) is 5.65. The maximum atomic E-state index is 12.7. The van der Waals surface area contributed by atoms with Crippen LogP contribution in [0, 0.1) is 6.92 Å². The van der Waals surface area contributed by atoms with Crippen molar-refractivity contribution < 1.29 is 9.47 Å². The first-order chi connectivity index (χ1) is 21.4. The maximum absolute atomic E-state index is 12.7. The van der Waals surface area contributed by atoms with Crippen molar-refractivity contribution in [3.05, 3.63) is 154 Å². The van der Waals surface area contributed by atoms with E-state index in [4.69, 9.17) is 9.47 Å². The van der Waals surface area contributed by atoms with Gasteiger partial charge in [0.25, 0.3) is 11.1 Å². The molecule has 0 saturated carbocycles. The Morgan fingerprint density at radius 1 is 0.674 bits per heavy atom. The molecule has 0 aliphatic carbocycles. The van der Waals surface area contributed by atoms with Crippen LogP contribution in [-0.2, 0) is 20.3 Å². The summed E-state index contributed by atoms with van der Waals surface area (Å²) >= 11 is 0. The Hall–Kier alpha value is -5.97. The van der Waals surface area contributed by atoms with Crippen LogP contribution in [0.25, 0.3) is 16.9 Å². The van der Waals surface area contributed by atoms with Gasteiger partial charge in [-0.2, -0.15) is 5.10 Å². The zero-order valence-electron chi connectivity index (χ0n) is 24.1. The van der Waals surface area contributed by atoms with Gasteiger partial charge in [0.1, 0.15) is 35.9 Å². The summed E-state index contributed by atoms with van der Waals surface area (Å²) in [6.07, 6.45) is 6.85. The Balaban J connectivity index is 0.000000207. The minimum Gasteiger partial charge on any atom is -0.487 e. The SMILES string of the molecule is C.C.Cc1ccc(-n2ccn3nc(COc4ccccc4)nc3c2=O)cc1.Cn1ccn2nc(COc3ccccc3)cc2c1=O. The Kier molecular flexibility index (Phi) is 10.5. The fourth-order valence-corrected chi connectivity index (χ4v) is 4.43. The van der Waals surface area contributed by atoms with Crippen molar-refractivity contribution in [1.29, 1.82) is 0 Å². The standard InChI is InChI=1S/C19H16N4O2.C14H13N3O2.2CH4/c1-14-7-9-15(10-8-14)22-11-12-23-18(19(22)24)20-17(21-23)13-25-16-5-3-2-4-6-16;1-16-7-8-17-13(14(16)18)9-11(15-17)10-19-12-5-3-2-4-6-12;;/h2-12H,13H2,1H3;2-9H,10H2,1H3;2*1H4. The number of aromatic nitrogens is 7. The molecular weight excluding hydrogens is 582 g/mol. The highest BCUT2D eigenvalue weighted by molar-refractivity contribution is 5.45. The maximum Gasteiger partial charge on any atom is 0.300 e. The van der Waals surface area contributed by atoms with Crippen LogP contribution in [0.15, 0.2) is 125 Å². The molecule has 0 atom stereocenters. The number of rotatable bonds is 7. The Morgan fingerprint density at radius 3 is 1.93 bits per heavy atom. The molecule has 0 N–H and O–H groups in total. The molecule has 236 valence electrons. The van der Waals surface area contributed by atoms with Gasteiger partial charge in [0.15, 0.2) is 5.82 Å². The summed E-state index contributed by atoms with van der Waals surface area (Å²) in [4.78, 5) is 28.9. The van der Waals surface area contributed by atoms with E-state index < -0.39 is 0 Å². The second-order valence-electron chi connectivity index (χ2n) is 9.99. The van der Waals surface area contributed by atoms with Gasteiger partial charge in [0, 0.05) is 37.5 Å². The number of nitrogens with zero attached hydrogens (tertiary/aromatic N) is 7. The molecule has 4 aromatic heterocycles. The quantitative estimate of drug-likeness (QED) is 0.227. The van der Waals surface area contributed by atoms with Crippen LogP contribution in [0.3, 0.4) is 0 Å². The van der Waals surface area contributed by atoms with Crippen LogP contribution in [0.2, 0.25) is 0 Å². The average molecular weight is 620 g/mol. The normalized spacial score (nSPS) is 10.4. The van der Waals surface area contributed by atoms with E-state index in [1.807, 2.05) is 91.9 Å².